The molecule has 0 bridgehead atoms. The Morgan fingerprint density at radius 1 is 1.46 bits per heavy atom. The number of hydrogen-bond acceptors (Lipinski definition) is 3. The topological polar surface area (TPSA) is 62.7 Å². The largest absolute Gasteiger partial charge is 0.383 e. The first kappa shape index (κ1) is 9.53. The average Bonchev–Trinajstić information content (AvgIpc) is 2.03. The Labute approximate surface area is 78.2 Å². The number of hydrogen-bond donors (Lipinski definition) is 1. The summed E-state index contributed by atoms with van der Waals surface area (Å²) in [6, 6.07) is 3.81. The van der Waals surface area contributed by atoms with Gasteiger partial charge in [0, 0.05) is 6.20 Å². The normalized spacial score (nSPS) is 10.9. The summed E-state index contributed by atoms with van der Waals surface area (Å²) < 4.78 is 0. The molecular formula is C10H13N3. The van der Waals surface area contributed by atoms with Crippen molar-refractivity contribution in [3.63, 3.8) is 0 Å². The van der Waals surface area contributed by atoms with Crippen molar-refractivity contribution < 1.29 is 0 Å². The van der Waals surface area contributed by atoms with Crippen LogP contribution in [0.5, 0.6) is 0 Å². The van der Waals surface area contributed by atoms with Gasteiger partial charge in [0.15, 0.2) is 0 Å². The third-order valence-corrected chi connectivity index (χ3v) is 1.90. The molecule has 3 heteroatoms. The maximum Gasteiger partial charge on any atom is 0.141 e. The van der Waals surface area contributed by atoms with Crippen LogP contribution in [0.25, 0.3) is 0 Å². The van der Waals surface area contributed by atoms with Crippen LogP contribution < -0.4 is 5.73 Å². The molecule has 1 rings (SSSR count). The summed E-state index contributed by atoms with van der Waals surface area (Å²) in [6.45, 7) is 6.21. The third-order valence-electron chi connectivity index (χ3n) is 1.90. The zero-order valence-corrected chi connectivity index (χ0v) is 8.13. The molecule has 0 aromatic carbocycles. The van der Waals surface area contributed by atoms with Crippen molar-refractivity contribution >= 4 is 5.82 Å². The molecule has 0 spiro atoms. The number of nitrogen functional groups attached to an aromatic ring is 1. The van der Waals surface area contributed by atoms with Gasteiger partial charge in [-0.15, -0.1) is 0 Å². The Kier molecular flexibility index (Phi) is 2.24. The van der Waals surface area contributed by atoms with Gasteiger partial charge in [-0.3, -0.25) is 0 Å². The molecule has 0 aliphatic heterocycles. The number of aromatic nitrogens is 1. The molecule has 0 unspecified atom stereocenters. The van der Waals surface area contributed by atoms with E-state index in [0.717, 1.165) is 5.56 Å². The van der Waals surface area contributed by atoms with Gasteiger partial charge in [-0.25, -0.2) is 4.98 Å². The molecule has 13 heavy (non-hydrogen) atoms. The van der Waals surface area contributed by atoms with Crippen LogP contribution in [0, 0.1) is 11.3 Å². The molecule has 0 saturated carbocycles. The monoisotopic (exact) mass is 175 g/mol. The maximum atomic E-state index is 8.74. The van der Waals surface area contributed by atoms with E-state index in [1.807, 2.05) is 6.07 Å². The molecule has 0 fully saturated rings. The molecule has 0 amide bonds. The first-order valence-electron chi connectivity index (χ1n) is 4.11. The minimum atomic E-state index is 0.00625. The molecule has 0 atom stereocenters. The summed E-state index contributed by atoms with van der Waals surface area (Å²) in [5, 5.41) is 8.74. The molecule has 2 N–H and O–H groups in total. The lowest BCUT2D eigenvalue weighted by Gasteiger charge is -2.18. The van der Waals surface area contributed by atoms with Crippen molar-refractivity contribution in [3.8, 4) is 6.07 Å². The highest BCUT2D eigenvalue weighted by molar-refractivity contribution is 5.49. The predicted octanol–water partition coefficient (Wildman–Crippen LogP) is 1.83. The molecular weight excluding hydrogens is 162 g/mol. The lowest BCUT2D eigenvalue weighted by Crippen LogP contribution is -2.12. The number of pyridine rings is 1. The summed E-state index contributed by atoms with van der Waals surface area (Å²) in [5.41, 5.74) is 6.99. The van der Waals surface area contributed by atoms with Crippen LogP contribution in [0.2, 0.25) is 0 Å². The predicted molar refractivity (Wildman–Crippen MR) is 52.1 cm³/mol. The van der Waals surface area contributed by atoms with E-state index in [1.165, 1.54) is 0 Å². The fourth-order valence-electron chi connectivity index (χ4n) is 0.975. The summed E-state index contributed by atoms with van der Waals surface area (Å²) in [4.78, 5) is 3.97. The van der Waals surface area contributed by atoms with Crippen LogP contribution in [-0.4, -0.2) is 4.98 Å². The Morgan fingerprint density at radius 3 is 2.54 bits per heavy atom. The van der Waals surface area contributed by atoms with Crippen molar-refractivity contribution in [1.29, 1.82) is 5.26 Å². The highest BCUT2D eigenvalue weighted by Gasteiger charge is 2.15. The molecule has 1 aromatic heterocycles. The van der Waals surface area contributed by atoms with E-state index in [9.17, 15) is 0 Å². The number of nitrogens with two attached hydrogens (primary N) is 1. The molecule has 1 heterocycles. The number of anilines is 1. The summed E-state index contributed by atoms with van der Waals surface area (Å²) >= 11 is 0. The quantitative estimate of drug-likeness (QED) is 0.654. The Bertz CT molecular complexity index is 355. The number of nitrogens with zero attached hydrogens (tertiary/aromatic N) is 2. The van der Waals surface area contributed by atoms with Crippen molar-refractivity contribution in [2.24, 2.45) is 0 Å². The van der Waals surface area contributed by atoms with Gasteiger partial charge < -0.3 is 5.73 Å². The van der Waals surface area contributed by atoms with Crippen LogP contribution in [0.15, 0.2) is 12.3 Å². The minimum Gasteiger partial charge on any atom is -0.383 e. The van der Waals surface area contributed by atoms with Crippen LogP contribution >= 0.6 is 0 Å². The SMILES string of the molecule is CC(C)(C)c1cnc(N)c(C#N)c1. The van der Waals surface area contributed by atoms with E-state index < -0.39 is 0 Å². The third kappa shape index (κ3) is 1.97. The summed E-state index contributed by atoms with van der Waals surface area (Å²) in [6.07, 6.45) is 1.72. The molecule has 0 radical (unpaired) electrons. The summed E-state index contributed by atoms with van der Waals surface area (Å²) in [7, 11) is 0. The molecule has 3 nitrogen and oxygen atoms in total. The van der Waals surface area contributed by atoms with Crippen molar-refractivity contribution in [2.45, 2.75) is 26.2 Å². The van der Waals surface area contributed by atoms with E-state index in [-0.39, 0.29) is 5.41 Å². The second-order valence-corrected chi connectivity index (χ2v) is 4.02. The average molecular weight is 175 g/mol. The molecule has 0 saturated heterocycles. The van der Waals surface area contributed by atoms with Gasteiger partial charge >= 0.3 is 0 Å². The van der Waals surface area contributed by atoms with E-state index in [1.54, 1.807) is 12.3 Å². The van der Waals surface area contributed by atoms with Gasteiger partial charge in [-0.2, -0.15) is 5.26 Å². The van der Waals surface area contributed by atoms with Gasteiger partial charge in [0.25, 0.3) is 0 Å². The lowest BCUT2D eigenvalue weighted by molar-refractivity contribution is 0.587. The highest BCUT2D eigenvalue weighted by Crippen LogP contribution is 2.23. The Morgan fingerprint density at radius 2 is 2.08 bits per heavy atom. The van der Waals surface area contributed by atoms with Crippen LogP contribution in [-0.2, 0) is 5.41 Å². The standard InChI is InChI=1S/C10H13N3/c1-10(2,3)8-4-7(5-11)9(12)13-6-8/h4,6H,1-3H3,(H2,12,13). The molecule has 68 valence electrons. The summed E-state index contributed by atoms with van der Waals surface area (Å²) in [5.74, 6) is 0.301. The smallest absolute Gasteiger partial charge is 0.141 e. The second kappa shape index (κ2) is 3.06. The van der Waals surface area contributed by atoms with Gasteiger partial charge in [-0.05, 0) is 17.0 Å². The van der Waals surface area contributed by atoms with Crippen LogP contribution in [0.1, 0.15) is 31.9 Å². The highest BCUT2D eigenvalue weighted by atomic mass is 14.8. The van der Waals surface area contributed by atoms with Gasteiger partial charge in [-0.1, -0.05) is 20.8 Å². The van der Waals surface area contributed by atoms with Crippen molar-refractivity contribution in [1.82, 2.24) is 4.98 Å². The van der Waals surface area contributed by atoms with E-state index in [4.69, 9.17) is 11.0 Å². The fourth-order valence-corrected chi connectivity index (χ4v) is 0.975. The van der Waals surface area contributed by atoms with Gasteiger partial charge in [0.1, 0.15) is 11.9 Å². The van der Waals surface area contributed by atoms with Crippen LogP contribution in [0.4, 0.5) is 5.82 Å². The maximum absolute atomic E-state index is 8.74. The van der Waals surface area contributed by atoms with E-state index in [0.29, 0.717) is 11.4 Å². The van der Waals surface area contributed by atoms with Gasteiger partial charge in [0.2, 0.25) is 0 Å². The molecule has 1 aromatic rings. The Hall–Kier alpha value is -1.56. The van der Waals surface area contributed by atoms with E-state index in [2.05, 4.69) is 25.8 Å². The molecule has 0 aliphatic carbocycles. The minimum absolute atomic E-state index is 0.00625. The Balaban J connectivity index is 3.24. The van der Waals surface area contributed by atoms with Gasteiger partial charge in [0.05, 0.1) is 5.56 Å². The van der Waals surface area contributed by atoms with E-state index >= 15 is 0 Å². The zero-order valence-electron chi connectivity index (χ0n) is 8.13. The van der Waals surface area contributed by atoms with Crippen molar-refractivity contribution in [3.05, 3.63) is 23.4 Å². The first-order chi connectivity index (χ1) is 5.95. The zero-order chi connectivity index (χ0) is 10.1. The number of rotatable bonds is 0. The lowest BCUT2D eigenvalue weighted by atomic mass is 9.87. The fraction of sp³-hybridized carbons (Fsp3) is 0.400. The second-order valence-electron chi connectivity index (χ2n) is 4.02. The van der Waals surface area contributed by atoms with Crippen molar-refractivity contribution in [2.75, 3.05) is 5.73 Å². The first-order valence-corrected chi connectivity index (χ1v) is 4.11. The number of nitriles is 1. The van der Waals surface area contributed by atoms with Crippen LogP contribution in [0.3, 0.4) is 0 Å². The molecule has 0 aliphatic rings.